The third kappa shape index (κ3) is 20.6. The number of fused-ring (bicyclic) bond motifs is 1. The number of halogens is 1. The third-order valence-corrected chi connectivity index (χ3v) is 24.5. The number of thiol groups is 1. The Bertz CT molecular complexity index is 4790. The van der Waals surface area contributed by atoms with Gasteiger partial charge in [-0.3, -0.25) is 61.2 Å². The number of nitrogens with one attached hydrogen (secondary N) is 3. The Morgan fingerprint density at radius 3 is 1.63 bits per heavy atom. The molecule has 11 heterocycles. The first-order valence-electron chi connectivity index (χ1n) is 32.0. The first kappa shape index (κ1) is 82.0. The smallest absolute Gasteiger partial charge is 0.386 e. The number of aryl methyl sites for hydroxylation is 1. The molecule has 0 aliphatic carbocycles. The Morgan fingerprint density at radius 2 is 1.06 bits per heavy atom. The number of hydrogen-bond donors (Lipinski definition) is 12. The molecule has 5 aliphatic rings. The largest absolute Gasteiger partial charge is 0.394 e. The molecule has 11 rings (SSSR count). The van der Waals surface area contributed by atoms with Crippen LogP contribution in [0.1, 0.15) is 68.8 Å². The van der Waals surface area contributed by atoms with Crippen LogP contribution in [0.2, 0.25) is 0 Å². The summed E-state index contributed by atoms with van der Waals surface area (Å²) in [6, 6.07) is 1.99. The van der Waals surface area contributed by atoms with Crippen molar-refractivity contribution >= 4 is 119 Å². The number of anilines is 3. The van der Waals surface area contributed by atoms with E-state index in [0.717, 1.165) is 13.7 Å². The zero-order valence-corrected chi connectivity index (χ0v) is 63.9. The lowest BCUT2D eigenvalue weighted by Gasteiger charge is -2.29. The minimum Gasteiger partial charge on any atom is -0.394 e. The van der Waals surface area contributed by atoms with Gasteiger partial charge in [0.15, 0.2) is 11.2 Å². The number of aromatic amines is 3. The summed E-state index contributed by atoms with van der Waals surface area (Å²) in [4.78, 5) is 136. The van der Waals surface area contributed by atoms with E-state index < -0.39 is 185 Å². The summed E-state index contributed by atoms with van der Waals surface area (Å²) in [5.41, 5.74) is 24.0. The number of aliphatic hydroxyl groups is 1. The van der Waals surface area contributed by atoms with Gasteiger partial charge in [-0.25, -0.2) is 28.7 Å². The van der Waals surface area contributed by atoms with E-state index in [1.165, 1.54) is 59.3 Å². The molecule has 584 valence electrons. The summed E-state index contributed by atoms with van der Waals surface area (Å²) >= 11 is 24.5. The molecule has 44 nitrogen and oxygen atoms in total. The summed E-state index contributed by atoms with van der Waals surface area (Å²) in [6.07, 6.45) is -11.6. The van der Waals surface area contributed by atoms with Gasteiger partial charge in [0.05, 0.1) is 101 Å². The Morgan fingerprint density at radius 1 is 0.585 bits per heavy atom. The van der Waals surface area contributed by atoms with Crippen molar-refractivity contribution in [1.82, 2.24) is 57.7 Å². The second-order valence-corrected chi connectivity index (χ2v) is 36.4. The topological polar surface area (TPSA) is 599 Å². The molecule has 5 aliphatic heterocycles. The summed E-state index contributed by atoms with van der Waals surface area (Å²) < 4.78 is 117. The minimum absolute atomic E-state index is 0.00810. The summed E-state index contributed by atoms with van der Waals surface area (Å²) in [5, 5.41) is 10.2. The molecule has 0 amide bonds. The van der Waals surface area contributed by atoms with E-state index in [9.17, 15) is 53.0 Å². The van der Waals surface area contributed by atoms with Crippen LogP contribution in [0, 0.1) is 6.92 Å². The number of ether oxygens (including phenoxy) is 7. The Kier molecular flexibility index (Phi) is 27.2. The number of hydrogen-bond acceptors (Lipinski definition) is 37. The Balaban J connectivity index is 0.809. The van der Waals surface area contributed by atoms with Gasteiger partial charge in [-0.2, -0.15) is 15.0 Å². The molecular weight excluding hydrogens is 1640 g/mol. The van der Waals surface area contributed by atoms with Gasteiger partial charge in [-0.1, -0.05) is 12.2 Å². The maximum Gasteiger partial charge on any atom is 0.386 e. The molecule has 0 aromatic carbocycles. The summed E-state index contributed by atoms with van der Waals surface area (Å²) in [7, 11) is 0. The molecule has 19 atom stereocenters. The van der Waals surface area contributed by atoms with Crippen molar-refractivity contribution in [3.05, 3.63) is 126 Å². The average molecular weight is 1710 g/mol. The zero-order chi connectivity index (χ0) is 76.2. The first-order valence-corrected chi connectivity index (χ1v) is 43.3. The lowest BCUT2D eigenvalue weighted by molar-refractivity contribution is -0.0557. The highest BCUT2D eigenvalue weighted by Crippen LogP contribution is 2.59. The average Bonchev–Trinajstić information content (AvgIpc) is 1.64. The van der Waals surface area contributed by atoms with E-state index in [1.54, 1.807) is 0 Å². The molecule has 53 heteroatoms. The second-order valence-electron chi connectivity index (χ2n) is 24.1. The van der Waals surface area contributed by atoms with Crippen LogP contribution in [0.3, 0.4) is 0 Å². The summed E-state index contributed by atoms with van der Waals surface area (Å²) in [5.74, 6) is -0.425. The van der Waals surface area contributed by atoms with E-state index >= 15 is 0 Å². The van der Waals surface area contributed by atoms with Gasteiger partial charge in [-0.05, 0) is 70.4 Å². The molecule has 6 aromatic heterocycles. The van der Waals surface area contributed by atoms with E-state index in [1.807, 2.05) is 0 Å². The first-order chi connectivity index (χ1) is 50.3. The molecule has 6 aromatic rings. The number of H-pyrrole nitrogens is 3. The monoisotopic (exact) mass is 1710 g/mol. The lowest BCUT2D eigenvalue weighted by Crippen LogP contribution is -2.34. The van der Waals surface area contributed by atoms with E-state index in [4.69, 9.17) is 138 Å². The highest BCUT2D eigenvalue weighted by molar-refractivity contribution is 9.10. The number of rotatable bonds is 35. The van der Waals surface area contributed by atoms with E-state index in [-0.39, 0.29) is 104 Å². The zero-order valence-electron chi connectivity index (χ0n) is 55.4. The lowest BCUT2D eigenvalue weighted by atomic mass is 10.1. The van der Waals surface area contributed by atoms with Crippen molar-refractivity contribution < 1.29 is 93.3 Å². The van der Waals surface area contributed by atoms with Crippen LogP contribution in [0.4, 0.5) is 17.6 Å². The number of imidazole rings is 1. The quantitative estimate of drug-likeness (QED) is 0.0124. The van der Waals surface area contributed by atoms with Gasteiger partial charge in [0.25, 0.3) is 16.7 Å². The van der Waals surface area contributed by atoms with Crippen LogP contribution in [-0.4, -0.2) is 206 Å². The van der Waals surface area contributed by atoms with E-state index in [2.05, 4.69) is 63.1 Å². The van der Waals surface area contributed by atoms with Crippen LogP contribution in [0.5, 0.6) is 0 Å². The molecule has 0 bridgehead atoms. The van der Waals surface area contributed by atoms with Gasteiger partial charge < -0.3 is 108 Å². The van der Waals surface area contributed by atoms with Crippen molar-refractivity contribution in [1.29, 1.82) is 0 Å². The number of aromatic nitrogens is 12. The molecule has 16 N–H and O–H groups in total. The number of aliphatic hydroxyl groups excluding tert-OH is 1. The Labute approximate surface area is 625 Å². The van der Waals surface area contributed by atoms with Crippen molar-refractivity contribution in [2.45, 2.75) is 131 Å². The predicted molar refractivity (Wildman–Crippen MR) is 385 cm³/mol. The molecule has 5 saturated heterocycles. The van der Waals surface area contributed by atoms with Crippen molar-refractivity contribution in [3.8, 4) is 0 Å². The Hall–Kier alpha value is -4.96. The molecule has 5 fully saturated rings. The predicted octanol–water partition coefficient (Wildman–Crippen LogP) is -1.38. The fourth-order valence-electron chi connectivity index (χ4n) is 11.7. The van der Waals surface area contributed by atoms with Crippen LogP contribution in [-0.2, 0) is 114 Å². The highest BCUT2D eigenvalue weighted by atomic mass is 79.9. The normalized spacial score (nSPS) is 28.4. The van der Waals surface area contributed by atoms with Gasteiger partial charge in [0.2, 0.25) is 5.95 Å². The van der Waals surface area contributed by atoms with Crippen LogP contribution in [0.25, 0.3) is 11.2 Å². The highest BCUT2D eigenvalue weighted by Gasteiger charge is 2.49. The second kappa shape index (κ2) is 35.2. The van der Waals surface area contributed by atoms with Crippen LogP contribution < -0.4 is 68.1 Å². The van der Waals surface area contributed by atoms with Gasteiger partial charge in [0, 0.05) is 75.0 Å². The summed E-state index contributed by atoms with van der Waals surface area (Å²) in [6.45, 7) is -18.8. The maximum absolute atomic E-state index is 14.7. The minimum atomic E-state index is -4.73. The van der Waals surface area contributed by atoms with Crippen LogP contribution in [0.15, 0.2) is 81.3 Å². The molecule has 8 unspecified atom stereocenters. The number of nitrogen functional groups attached to an aromatic ring is 3. The van der Waals surface area contributed by atoms with E-state index in [0.29, 0.717) is 13.2 Å². The van der Waals surface area contributed by atoms with Gasteiger partial charge in [-0.15, -0.1) is 0 Å². The maximum atomic E-state index is 14.7. The molecule has 0 spiro atoms. The molecule has 106 heavy (non-hydrogen) atoms. The SMILES string of the molecule is Cc1cn([C@H]2CC(OP(=S)(OCCOCCOCCN)OC[C@H]3O[C@@H](n4ccc(N)nc4=O)CC3N)[C@@H](COP(O)(=S)OC3C[C@H](n4cnc5c(=O)[nH]c(N)nc54)O[C@@H]3COP(=O)(S)O[C@@H]3C[C@H](n4ccc(N)nc4=O)O[C@@H]3COP(O)(=S)OC3C[C@H](n4cc(Br)c(=O)[nH]c4=O)O[C@@H]3CO)O2)c(=O)[nH]c1=O. The number of nitrogens with zero attached hydrogens (tertiary/aromatic N) is 9. The van der Waals surface area contributed by atoms with Gasteiger partial charge >= 0.3 is 49.7 Å². The van der Waals surface area contributed by atoms with Crippen molar-refractivity contribution in [3.63, 3.8) is 0 Å². The third-order valence-electron chi connectivity index (χ3n) is 16.7. The molecule has 0 saturated carbocycles. The molecular formula is C53H74BrN17O27P4S4. The fourth-order valence-corrected chi connectivity index (χ4v) is 18.6. The molecule has 0 radical (unpaired) electrons. The van der Waals surface area contributed by atoms with Crippen LogP contribution >= 0.6 is 55.1 Å². The van der Waals surface area contributed by atoms with Gasteiger partial charge in [0.1, 0.15) is 73.3 Å². The number of nitrogens with two attached hydrogens (primary N) is 5. The fraction of sp³-hybridized carbons (Fsp3) is 0.604. The van der Waals surface area contributed by atoms with Crippen molar-refractivity contribution in [2.24, 2.45) is 11.5 Å². The standard InChI is InChI=1S/C53H74BrN17O27P4S4/c1-25-17-69(52(78)65-46(25)73)41-16-31(98-102(106,85-11-10-84-9-8-83-7-4-55)89-20-33-27(56)12-39(91-33)67-5-2-37(57)61-50(67)76)36(93-41)23-88-101(82,105)97-30-15-43(71-24-60-44-45(71)63-49(59)64-48(44)75)94-35(30)22-87-100(81,104)96-29-14-40(68-6-3-38(58)62-51(68)77)92-34(29)21-86-99(80,103)95-28-13-42(90-32(28)19-72)70-18-26(54)47(74)66-53(70)79/h2-3,5-6,17-18,24,27-36,39-43,72H,4,7-16,19-23,55-56H2,1H3,(H,80,103)(H,81,104)(H,82,105)(H2,57,61,76)(H2,58,62,77)(H,65,73,78)(H,66,74,79)(H3,59,63,64,75)/t27?,28?,29-,30?,31?,32-,33-,34-,35-,36-,39-,40-,41-,42-,43-,99?,100?,101?,102?/m1/s1. The van der Waals surface area contributed by atoms with Crippen molar-refractivity contribution in [2.75, 3.05) is 89.8 Å².